The van der Waals surface area contributed by atoms with E-state index in [1.807, 2.05) is 0 Å². The summed E-state index contributed by atoms with van der Waals surface area (Å²) in [5, 5.41) is 11.6. The van der Waals surface area contributed by atoms with Gasteiger partial charge in [-0.05, 0) is 19.1 Å². The number of hydrogen-bond donors (Lipinski definition) is 2. The Labute approximate surface area is 144 Å². The Morgan fingerprint density at radius 3 is 2.24 bits per heavy atom. The number of ether oxygens (including phenoxy) is 3. The summed E-state index contributed by atoms with van der Waals surface area (Å²) in [6.45, 7) is 1.78. The van der Waals surface area contributed by atoms with E-state index < -0.39 is 11.9 Å². The number of carboxylic acid groups (broad SMARTS) is 1. The minimum absolute atomic E-state index is 0.143. The molecule has 25 heavy (non-hydrogen) atoms. The van der Waals surface area contributed by atoms with E-state index >= 15 is 0 Å². The number of anilines is 1. The largest absolute Gasteiger partial charge is 0.494 e. The van der Waals surface area contributed by atoms with Gasteiger partial charge in [0.15, 0.2) is 11.5 Å². The molecule has 0 radical (unpaired) electrons. The summed E-state index contributed by atoms with van der Waals surface area (Å²) < 4.78 is 15.9. The van der Waals surface area contributed by atoms with Gasteiger partial charge in [0.1, 0.15) is 11.4 Å². The number of carbonyl (C=O) groups excluding carboxylic acids is 1. The molecule has 1 heterocycles. The Balaban J connectivity index is 2.37. The minimum atomic E-state index is -1.16. The molecule has 8 nitrogen and oxygen atoms in total. The number of nitrogens with one attached hydrogen (secondary N) is 1. The normalized spacial score (nSPS) is 10.1. The molecule has 0 saturated carbocycles. The van der Waals surface area contributed by atoms with Crippen molar-refractivity contribution in [1.82, 2.24) is 4.98 Å². The van der Waals surface area contributed by atoms with Gasteiger partial charge in [-0.2, -0.15) is 0 Å². The maximum absolute atomic E-state index is 12.4. The third-order valence-corrected chi connectivity index (χ3v) is 3.55. The molecule has 2 N–H and O–H groups in total. The number of pyridine rings is 1. The van der Waals surface area contributed by atoms with Gasteiger partial charge in [-0.15, -0.1) is 0 Å². The van der Waals surface area contributed by atoms with E-state index in [1.54, 1.807) is 13.0 Å². The first-order valence-electron chi connectivity index (χ1n) is 7.23. The van der Waals surface area contributed by atoms with Crippen molar-refractivity contribution in [3.63, 3.8) is 0 Å². The average Bonchev–Trinajstić information content (AvgIpc) is 2.61. The highest BCUT2D eigenvalue weighted by molar-refractivity contribution is 6.05. The Morgan fingerprint density at radius 1 is 1.08 bits per heavy atom. The van der Waals surface area contributed by atoms with Crippen LogP contribution < -0.4 is 19.5 Å². The number of nitrogens with zero attached hydrogens (tertiary/aromatic N) is 1. The summed E-state index contributed by atoms with van der Waals surface area (Å²) in [4.78, 5) is 26.9. The fourth-order valence-electron chi connectivity index (χ4n) is 2.36. The fraction of sp³-hybridized carbons (Fsp3) is 0.235. The Hall–Kier alpha value is -3.29. The van der Waals surface area contributed by atoms with Crippen molar-refractivity contribution in [2.75, 3.05) is 26.6 Å². The first-order valence-corrected chi connectivity index (χ1v) is 7.23. The van der Waals surface area contributed by atoms with Gasteiger partial charge in [-0.1, -0.05) is 0 Å². The Kier molecular flexibility index (Phi) is 5.43. The van der Waals surface area contributed by atoms with Crippen LogP contribution in [0.4, 0.5) is 5.69 Å². The van der Waals surface area contributed by atoms with Gasteiger partial charge in [0.25, 0.3) is 5.91 Å². The van der Waals surface area contributed by atoms with Crippen LogP contribution in [0, 0.1) is 6.92 Å². The monoisotopic (exact) mass is 346 g/mol. The molecular weight excluding hydrogens is 328 g/mol. The molecule has 0 aliphatic carbocycles. The molecular formula is C17H18N2O6. The lowest BCUT2D eigenvalue weighted by molar-refractivity contribution is 0.0690. The molecule has 2 aromatic rings. The molecule has 0 spiro atoms. The van der Waals surface area contributed by atoms with E-state index in [0.717, 1.165) is 0 Å². The molecule has 8 heteroatoms. The predicted molar refractivity (Wildman–Crippen MR) is 90.0 cm³/mol. The summed E-state index contributed by atoms with van der Waals surface area (Å²) in [5.41, 5.74) is 1.12. The van der Waals surface area contributed by atoms with Gasteiger partial charge in [-0.25, -0.2) is 9.78 Å². The van der Waals surface area contributed by atoms with Gasteiger partial charge in [0, 0.05) is 17.8 Å². The highest BCUT2D eigenvalue weighted by Gasteiger charge is 2.19. The second-order valence-corrected chi connectivity index (χ2v) is 5.01. The van der Waals surface area contributed by atoms with Crippen molar-refractivity contribution < 1.29 is 28.9 Å². The van der Waals surface area contributed by atoms with Crippen LogP contribution in [0.25, 0.3) is 0 Å². The number of methoxy groups -OCH3 is 3. The average molecular weight is 346 g/mol. The molecule has 0 aliphatic rings. The summed E-state index contributed by atoms with van der Waals surface area (Å²) in [6, 6.07) is 4.22. The first kappa shape index (κ1) is 18.1. The highest BCUT2D eigenvalue weighted by Crippen LogP contribution is 2.42. The van der Waals surface area contributed by atoms with Crippen LogP contribution in [0.5, 0.6) is 17.2 Å². The van der Waals surface area contributed by atoms with Gasteiger partial charge in [-0.3, -0.25) is 4.79 Å². The maximum Gasteiger partial charge on any atom is 0.354 e. The summed E-state index contributed by atoms with van der Waals surface area (Å²) >= 11 is 0. The van der Waals surface area contributed by atoms with Crippen molar-refractivity contribution in [3.8, 4) is 17.2 Å². The molecule has 2 rings (SSSR count). The zero-order valence-electron chi connectivity index (χ0n) is 14.2. The van der Waals surface area contributed by atoms with Crippen LogP contribution in [-0.4, -0.2) is 43.3 Å². The summed E-state index contributed by atoms with van der Waals surface area (Å²) in [7, 11) is 4.48. The van der Waals surface area contributed by atoms with E-state index in [0.29, 0.717) is 28.5 Å². The molecule has 0 bridgehead atoms. The number of aromatic nitrogens is 1. The standard InChI is InChI=1S/C17H18N2O6/c1-9-14(24-3)12(7-13(23-2)15(9)25-4)19-16(20)10-5-6-11(17(21)22)18-8-10/h5-8H,1-4H3,(H,19,20)(H,21,22). The van der Waals surface area contributed by atoms with Crippen LogP contribution in [0.1, 0.15) is 26.4 Å². The van der Waals surface area contributed by atoms with Crippen LogP contribution in [0.15, 0.2) is 24.4 Å². The number of amides is 1. The number of rotatable bonds is 6. The molecule has 0 atom stereocenters. The van der Waals surface area contributed by atoms with Crippen molar-refractivity contribution in [2.45, 2.75) is 6.92 Å². The Bertz CT molecular complexity index is 802. The number of benzene rings is 1. The minimum Gasteiger partial charge on any atom is -0.494 e. The predicted octanol–water partition coefficient (Wildman–Crippen LogP) is 2.37. The van der Waals surface area contributed by atoms with E-state index in [4.69, 9.17) is 19.3 Å². The third-order valence-electron chi connectivity index (χ3n) is 3.55. The van der Waals surface area contributed by atoms with E-state index in [2.05, 4.69) is 10.3 Å². The lowest BCUT2D eigenvalue weighted by Crippen LogP contribution is -2.14. The highest BCUT2D eigenvalue weighted by atomic mass is 16.5. The van der Waals surface area contributed by atoms with Crippen LogP contribution in [-0.2, 0) is 0 Å². The zero-order chi connectivity index (χ0) is 18.6. The Morgan fingerprint density at radius 2 is 1.76 bits per heavy atom. The summed E-state index contributed by atoms with van der Waals surface area (Å²) in [6.07, 6.45) is 1.19. The lowest BCUT2D eigenvalue weighted by atomic mass is 10.1. The molecule has 132 valence electrons. The van der Waals surface area contributed by atoms with Gasteiger partial charge in [0.05, 0.1) is 32.6 Å². The third kappa shape index (κ3) is 3.63. The van der Waals surface area contributed by atoms with Crippen LogP contribution in [0.2, 0.25) is 0 Å². The fourth-order valence-corrected chi connectivity index (χ4v) is 2.36. The van der Waals surface area contributed by atoms with Gasteiger partial charge >= 0.3 is 5.97 Å². The van der Waals surface area contributed by atoms with E-state index in [1.165, 1.54) is 39.7 Å². The second-order valence-electron chi connectivity index (χ2n) is 5.01. The molecule has 1 amide bonds. The van der Waals surface area contributed by atoms with Crippen LogP contribution in [0.3, 0.4) is 0 Å². The molecule has 1 aromatic carbocycles. The number of carbonyl (C=O) groups is 2. The van der Waals surface area contributed by atoms with Crippen molar-refractivity contribution in [2.24, 2.45) is 0 Å². The van der Waals surface area contributed by atoms with Crippen molar-refractivity contribution >= 4 is 17.6 Å². The number of carboxylic acids is 1. The second kappa shape index (κ2) is 7.52. The molecule has 0 saturated heterocycles. The SMILES string of the molecule is COc1cc(NC(=O)c2ccc(C(=O)O)nc2)c(OC)c(C)c1OC. The first-order chi connectivity index (χ1) is 11.9. The molecule has 0 fully saturated rings. The van der Waals surface area contributed by atoms with Crippen molar-refractivity contribution in [1.29, 1.82) is 0 Å². The van der Waals surface area contributed by atoms with Gasteiger partial charge < -0.3 is 24.6 Å². The quantitative estimate of drug-likeness (QED) is 0.827. The van der Waals surface area contributed by atoms with Crippen LogP contribution >= 0.6 is 0 Å². The molecule has 0 aliphatic heterocycles. The molecule has 1 aromatic heterocycles. The van der Waals surface area contributed by atoms with Gasteiger partial charge in [0.2, 0.25) is 0 Å². The smallest absolute Gasteiger partial charge is 0.354 e. The summed E-state index contributed by atoms with van der Waals surface area (Å²) in [5.74, 6) is -0.250. The van der Waals surface area contributed by atoms with Crippen molar-refractivity contribution in [3.05, 3.63) is 41.2 Å². The zero-order valence-corrected chi connectivity index (χ0v) is 14.2. The van der Waals surface area contributed by atoms with E-state index in [-0.39, 0.29) is 11.3 Å². The molecule has 0 unspecified atom stereocenters. The maximum atomic E-state index is 12.4. The number of aromatic carboxylic acids is 1. The number of hydrogen-bond acceptors (Lipinski definition) is 6. The van der Waals surface area contributed by atoms with E-state index in [9.17, 15) is 9.59 Å². The topological polar surface area (TPSA) is 107 Å². The lowest BCUT2D eigenvalue weighted by Gasteiger charge is -2.18.